The van der Waals surface area contributed by atoms with Gasteiger partial charge < -0.3 is 4.74 Å². The molecule has 0 aliphatic carbocycles. The predicted molar refractivity (Wildman–Crippen MR) is 57.4 cm³/mol. The summed E-state index contributed by atoms with van der Waals surface area (Å²) in [5.74, 6) is 0. The van der Waals surface area contributed by atoms with Crippen LogP contribution >= 0.6 is 0 Å². The standard InChI is InChI=1S/C11H19FN2O/c1-14-7-9(12)6-10(14)8-15-11-4-2-3-5-13-11/h2,4,9-11,13H,3,5-8H2,1H3/t9-,10+,11?/m1/s1. The lowest BCUT2D eigenvalue weighted by atomic mass is 10.2. The Bertz CT molecular complexity index is 235. The number of hydrogen-bond donors (Lipinski definition) is 1. The Morgan fingerprint density at radius 2 is 2.47 bits per heavy atom. The second-order valence-electron chi connectivity index (χ2n) is 4.35. The maximum atomic E-state index is 13.1. The minimum Gasteiger partial charge on any atom is -0.358 e. The van der Waals surface area contributed by atoms with Gasteiger partial charge in [-0.1, -0.05) is 6.08 Å². The van der Waals surface area contributed by atoms with Crippen LogP contribution in [0.3, 0.4) is 0 Å². The van der Waals surface area contributed by atoms with E-state index >= 15 is 0 Å². The van der Waals surface area contributed by atoms with Gasteiger partial charge in [-0.3, -0.25) is 10.2 Å². The minimum absolute atomic E-state index is 0.0193. The first-order chi connectivity index (χ1) is 7.25. The third-order valence-electron chi connectivity index (χ3n) is 3.07. The van der Waals surface area contributed by atoms with Gasteiger partial charge in [0.15, 0.2) is 0 Å². The maximum absolute atomic E-state index is 13.1. The first-order valence-corrected chi connectivity index (χ1v) is 5.61. The van der Waals surface area contributed by atoms with Gasteiger partial charge in [-0.2, -0.15) is 0 Å². The van der Waals surface area contributed by atoms with Crippen LogP contribution in [0.25, 0.3) is 0 Å². The molecule has 1 unspecified atom stereocenters. The molecular formula is C11H19FN2O. The largest absolute Gasteiger partial charge is 0.358 e. The Morgan fingerprint density at radius 3 is 3.07 bits per heavy atom. The average molecular weight is 214 g/mol. The predicted octanol–water partition coefficient (Wildman–Crippen LogP) is 0.921. The highest BCUT2D eigenvalue weighted by Gasteiger charge is 2.29. The summed E-state index contributed by atoms with van der Waals surface area (Å²) in [7, 11) is 1.96. The van der Waals surface area contributed by atoms with Crippen LogP contribution in [0.5, 0.6) is 0 Å². The van der Waals surface area contributed by atoms with Crippen LogP contribution in [0.1, 0.15) is 12.8 Å². The van der Waals surface area contributed by atoms with Crippen LogP contribution in [0.2, 0.25) is 0 Å². The van der Waals surface area contributed by atoms with E-state index in [0.29, 0.717) is 19.6 Å². The quantitative estimate of drug-likeness (QED) is 0.707. The number of alkyl halides is 1. The Balaban J connectivity index is 1.73. The first-order valence-electron chi connectivity index (χ1n) is 5.61. The van der Waals surface area contributed by atoms with Crippen molar-refractivity contribution in [3.8, 4) is 0 Å². The van der Waals surface area contributed by atoms with Crippen LogP contribution in [0.4, 0.5) is 4.39 Å². The van der Waals surface area contributed by atoms with Gasteiger partial charge in [-0.15, -0.1) is 0 Å². The number of ether oxygens (including phenoxy) is 1. The molecule has 1 saturated heterocycles. The van der Waals surface area contributed by atoms with Gasteiger partial charge in [0.05, 0.1) is 6.61 Å². The molecule has 0 bridgehead atoms. The van der Waals surface area contributed by atoms with E-state index in [-0.39, 0.29) is 12.3 Å². The van der Waals surface area contributed by atoms with Crippen molar-refractivity contribution in [3.63, 3.8) is 0 Å². The lowest BCUT2D eigenvalue weighted by molar-refractivity contribution is 0.0288. The number of halogens is 1. The van der Waals surface area contributed by atoms with Crippen LogP contribution in [0.15, 0.2) is 12.2 Å². The molecule has 3 nitrogen and oxygen atoms in total. The molecule has 15 heavy (non-hydrogen) atoms. The number of likely N-dealkylation sites (N-methyl/N-ethyl adjacent to an activating group) is 1. The highest BCUT2D eigenvalue weighted by atomic mass is 19.1. The second kappa shape index (κ2) is 5.05. The van der Waals surface area contributed by atoms with E-state index in [4.69, 9.17) is 4.74 Å². The molecule has 0 aromatic carbocycles. The SMILES string of the molecule is CN1C[C@H](F)C[C@H]1COC1C=CCCN1. The maximum Gasteiger partial charge on any atom is 0.127 e. The molecule has 86 valence electrons. The highest BCUT2D eigenvalue weighted by Crippen LogP contribution is 2.19. The van der Waals surface area contributed by atoms with Crippen molar-refractivity contribution in [1.29, 1.82) is 0 Å². The van der Waals surface area contributed by atoms with Crippen molar-refractivity contribution in [3.05, 3.63) is 12.2 Å². The van der Waals surface area contributed by atoms with Gasteiger partial charge in [-0.25, -0.2) is 4.39 Å². The zero-order chi connectivity index (χ0) is 10.7. The number of nitrogens with one attached hydrogen (secondary N) is 1. The molecule has 3 atom stereocenters. The topological polar surface area (TPSA) is 24.5 Å². The zero-order valence-corrected chi connectivity index (χ0v) is 9.16. The zero-order valence-electron chi connectivity index (χ0n) is 9.16. The fourth-order valence-corrected chi connectivity index (χ4v) is 2.13. The summed E-state index contributed by atoms with van der Waals surface area (Å²) in [4.78, 5) is 2.04. The van der Waals surface area contributed by atoms with Gasteiger partial charge >= 0.3 is 0 Å². The van der Waals surface area contributed by atoms with Crippen molar-refractivity contribution in [2.24, 2.45) is 0 Å². The summed E-state index contributed by atoms with van der Waals surface area (Å²) in [5.41, 5.74) is 0. The van der Waals surface area contributed by atoms with E-state index in [2.05, 4.69) is 11.4 Å². The van der Waals surface area contributed by atoms with Crippen molar-refractivity contribution < 1.29 is 9.13 Å². The second-order valence-corrected chi connectivity index (χ2v) is 4.35. The van der Waals surface area contributed by atoms with Gasteiger partial charge in [0.1, 0.15) is 12.4 Å². The lowest BCUT2D eigenvalue weighted by Gasteiger charge is -2.24. The molecule has 0 saturated carbocycles. The molecule has 0 aromatic heterocycles. The van der Waals surface area contributed by atoms with Gasteiger partial charge in [0.2, 0.25) is 0 Å². The van der Waals surface area contributed by atoms with Crippen LogP contribution in [-0.4, -0.2) is 50.1 Å². The molecule has 0 radical (unpaired) electrons. The Hall–Kier alpha value is -0.450. The molecule has 0 aromatic rings. The average Bonchev–Trinajstić information content (AvgIpc) is 2.56. The van der Waals surface area contributed by atoms with Crippen molar-refractivity contribution >= 4 is 0 Å². The third-order valence-corrected chi connectivity index (χ3v) is 3.07. The molecular weight excluding hydrogens is 195 g/mol. The molecule has 4 heteroatoms. The number of nitrogens with zero attached hydrogens (tertiary/aromatic N) is 1. The van der Waals surface area contributed by atoms with Crippen molar-refractivity contribution in [2.75, 3.05) is 26.7 Å². The monoisotopic (exact) mass is 214 g/mol. The number of likely N-dealkylation sites (tertiary alicyclic amines) is 1. The molecule has 1 fully saturated rings. The molecule has 2 rings (SSSR count). The summed E-state index contributed by atoms with van der Waals surface area (Å²) in [6, 6.07) is 0.233. The molecule has 0 spiro atoms. The molecule has 2 aliphatic rings. The smallest absolute Gasteiger partial charge is 0.127 e. The first kappa shape index (κ1) is 11.0. The summed E-state index contributed by atoms with van der Waals surface area (Å²) < 4.78 is 18.7. The summed E-state index contributed by atoms with van der Waals surface area (Å²) in [6.07, 6.45) is 5.16. The molecule has 1 N–H and O–H groups in total. The fourth-order valence-electron chi connectivity index (χ4n) is 2.13. The van der Waals surface area contributed by atoms with Gasteiger partial charge in [0.25, 0.3) is 0 Å². The van der Waals surface area contributed by atoms with Crippen LogP contribution in [-0.2, 0) is 4.74 Å². The number of hydrogen-bond acceptors (Lipinski definition) is 3. The van der Waals surface area contributed by atoms with E-state index in [9.17, 15) is 4.39 Å². The van der Waals surface area contributed by atoms with Crippen LogP contribution in [0, 0.1) is 0 Å². The van der Waals surface area contributed by atoms with E-state index in [1.807, 2.05) is 18.0 Å². The van der Waals surface area contributed by atoms with E-state index in [0.717, 1.165) is 13.0 Å². The van der Waals surface area contributed by atoms with Crippen molar-refractivity contribution in [1.82, 2.24) is 10.2 Å². The van der Waals surface area contributed by atoms with Gasteiger partial charge in [0, 0.05) is 19.1 Å². The van der Waals surface area contributed by atoms with E-state index in [1.54, 1.807) is 0 Å². The Morgan fingerprint density at radius 1 is 1.60 bits per heavy atom. The Kier molecular flexibility index (Phi) is 3.72. The fraction of sp³-hybridized carbons (Fsp3) is 0.818. The normalized spacial score (nSPS) is 37.3. The number of rotatable bonds is 3. The minimum atomic E-state index is -0.682. The summed E-state index contributed by atoms with van der Waals surface area (Å²) >= 11 is 0. The summed E-state index contributed by atoms with van der Waals surface area (Å²) in [5, 5.41) is 3.25. The lowest BCUT2D eigenvalue weighted by Crippen LogP contribution is -2.37. The van der Waals surface area contributed by atoms with Crippen molar-refractivity contribution in [2.45, 2.75) is 31.3 Å². The van der Waals surface area contributed by atoms with E-state index < -0.39 is 6.17 Å². The molecule has 2 heterocycles. The Labute approximate surface area is 90.3 Å². The van der Waals surface area contributed by atoms with Gasteiger partial charge in [-0.05, 0) is 26.0 Å². The summed E-state index contributed by atoms with van der Waals surface area (Å²) in [6.45, 7) is 2.12. The van der Waals surface area contributed by atoms with E-state index in [1.165, 1.54) is 0 Å². The molecule has 2 aliphatic heterocycles. The third kappa shape index (κ3) is 3.00. The van der Waals surface area contributed by atoms with Crippen LogP contribution < -0.4 is 5.32 Å². The highest BCUT2D eigenvalue weighted by molar-refractivity contribution is 4.94. The molecule has 0 amide bonds.